The zero-order chi connectivity index (χ0) is 20.7. The fourth-order valence-corrected chi connectivity index (χ4v) is 2.01. The van der Waals surface area contributed by atoms with Crippen molar-refractivity contribution in [1.29, 1.82) is 0 Å². The zero-order valence-electron chi connectivity index (χ0n) is 13.1. The van der Waals surface area contributed by atoms with Gasteiger partial charge in [-0.15, -0.1) is 0 Å². The van der Waals surface area contributed by atoms with Crippen LogP contribution in [0.2, 0.25) is 0 Å². The minimum absolute atomic E-state index is 0.0278. The molecule has 0 N–H and O–H groups in total. The van der Waals surface area contributed by atoms with Crippen LogP contribution in [0.3, 0.4) is 0 Å². The summed E-state index contributed by atoms with van der Waals surface area (Å²) in [4.78, 5) is 22.1. The second-order valence-corrected chi connectivity index (χ2v) is 5.42. The van der Waals surface area contributed by atoms with E-state index in [-0.39, 0.29) is 6.92 Å². The minimum Gasteiger partial charge on any atom is -0.459 e. The summed E-state index contributed by atoms with van der Waals surface area (Å²) in [6.45, 7) is 1.51. The van der Waals surface area contributed by atoms with Gasteiger partial charge in [0.2, 0.25) is 5.60 Å². The molecular weight excluding hydrogens is 388 g/mol. The van der Waals surface area contributed by atoms with Crippen molar-refractivity contribution in [3.63, 3.8) is 0 Å². The molecule has 0 aromatic rings. The summed E-state index contributed by atoms with van der Waals surface area (Å²) in [5.74, 6) is -8.32. The third-order valence-corrected chi connectivity index (χ3v) is 3.52. The molecule has 0 saturated carbocycles. The third-order valence-electron chi connectivity index (χ3n) is 3.52. The first-order valence-corrected chi connectivity index (χ1v) is 6.68. The van der Waals surface area contributed by atoms with E-state index < -0.39 is 60.2 Å². The maximum atomic E-state index is 14.2. The number of carbonyl (C=O) groups excluding carboxylic acids is 2. The Hall–Kier alpha value is -1.92. The predicted octanol–water partition coefficient (Wildman–Crippen LogP) is 2.93. The fraction of sp³-hybridized carbons (Fsp3) is 0.692. The summed E-state index contributed by atoms with van der Waals surface area (Å²) in [6, 6.07) is 0. The van der Waals surface area contributed by atoms with Gasteiger partial charge in [-0.05, 0) is 6.92 Å². The van der Waals surface area contributed by atoms with Gasteiger partial charge in [-0.3, -0.25) is 4.79 Å². The lowest BCUT2D eigenvalue weighted by atomic mass is 9.94. The van der Waals surface area contributed by atoms with Gasteiger partial charge in [-0.2, -0.15) is 35.1 Å². The molecule has 13 heteroatoms. The lowest BCUT2D eigenvalue weighted by Crippen LogP contribution is -2.57. The Morgan fingerprint density at radius 3 is 2.04 bits per heavy atom. The summed E-state index contributed by atoms with van der Waals surface area (Å²) >= 11 is 0. The maximum absolute atomic E-state index is 14.2. The molecule has 1 heterocycles. The number of ether oxygens (including phenoxy) is 3. The first-order chi connectivity index (χ1) is 11.4. The highest BCUT2D eigenvalue weighted by Crippen LogP contribution is 2.53. The molecule has 0 aromatic heterocycles. The van der Waals surface area contributed by atoms with Crippen LogP contribution in [0.1, 0.15) is 13.8 Å². The lowest BCUT2D eigenvalue weighted by Gasteiger charge is -2.32. The topological polar surface area (TPSA) is 61.8 Å². The van der Waals surface area contributed by atoms with E-state index in [0.29, 0.717) is 6.92 Å². The Kier molecular flexibility index (Phi) is 5.67. The Balaban J connectivity index is 3.07. The largest absolute Gasteiger partial charge is 0.459 e. The molecule has 1 aliphatic heterocycles. The van der Waals surface area contributed by atoms with Crippen molar-refractivity contribution in [3.05, 3.63) is 12.2 Å². The Morgan fingerprint density at radius 2 is 1.65 bits per heavy atom. The van der Waals surface area contributed by atoms with Crippen molar-refractivity contribution in [1.82, 2.24) is 0 Å². The molecule has 1 rings (SSSR count). The van der Waals surface area contributed by atoms with Crippen LogP contribution in [0.4, 0.5) is 35.1 Å². The van der Waals surface area contributed by atoms with Crippen LogP contribution in [0.15, 0.2) is 12.2 Å². The van der Waals surface area contributed by atoms with Crippen molar-refractivity contribution in [2.75, 3.05) is 6.61 Å². The van der Waals surface area contributed by atoms with Crippen LogP contribution < -0.4 is 0 Å². The quantitative estimate of drug-likeness (QED) is 0.413. The van der Waals surface area contributed by atoms with E-state index in [0.717, 1.165) is 0 Å². The van der Waals surface area contributed by atoms with Gasteiger partial charge in [-0.25, -0.2) is 4.79 Å². The van der Waals surface area contributed by atoms with Crippen LogP contribution in [0, 0.1) is 0 Å². The van der Waals surface area contributed by atoms with Crippen LogP contribution in [0.5, 0.6) is 0 Å². The molecular formula is C13H12F8O5. The van der Waals surface area contributed by atoms with Crippen molar-refractivity contribution in [2.24, 2.45) is 0 Å². The van der Waals surface area contributed by atoms with E-state index >= 15 is 0 Å². The Bertz CT molecular complexity index is 596. The highest BCUT2D eigenvalue weighted by atomic mass is 19.4. The molecule has 5 nitrogen and oxygen atoms in total. The van der Waals surface area contributed by atoms with Gasteiger partial charge in [0.05, 0.1) is 0 Å². The van der Waals surface area contributed by atoms with E-state index in [1.54, 1.807) is 0 Å². The number of carbonyl (C=O) groups is 2. The minimum atomic E-state index is -5.64. The smallest absolute Gasteiger partial charge is 0.423 e. The molecule has 1 aliphatic rings. The molecule has 0 bridgehead atoms. The Labute approximate surface area is 140 Å². The van der Waals surface area contributed by atoms with Gasteiger partial charge in [0.25, 0.3) is 0 Å². The van der Waals surface area contributed by atoms with Crippen LogP contribution >= 0.6 is 0 Å². The molecule has 1 saturated heterocycles. The molecule has 0 aromatic carbocycles. The van der Waals surface area contributed by atoms with E-state index in [2.05, 4.69) is 20.8 Å². The lowest BCUT2D eigenvalue weighted by molar-refractivity contribution is -0.317. The molecule has 26 heavy (non-hydrogen) atoms. The van der Waals surface area contributed by atoms with E-state index in [4.69, 9.17) is 0 Å². The molecule has 3 unspecified atom stereocenters. The highest BCUT2D eigenvalue weighted by Gasteiger charge is 2.78. The maximum Gasteiger partial charge on any atom is 0.423 e. The van der Waals surface area contributed by atoms with Gasteiger partial charge < -0.3 is 14.2 Å². The summed E-state index contributed by atoms with van der Waals surface area (Å²) in [5, 5.41) is 0. The number of hydrogen-bond donors (Lipinski definition) is 0. The average Bonchev–Trinajstić information content (AvgIpc) is 2.63. The number of rotatable bonds is 4. The number of esters is 2. The van der Waals surface area contributed by atoms with Crippen molar-refractivity contribution < 1.29 is 58.9 Å². The van der Waals surface area contributed by atoms with Crippen molar-refractivity contribution >= 4 is 11.9 Å². The Morgan fingerprint density at radius 1 is 1.15 bits per heavy atom. The molecule has 0 spiro atoms. The van der Waals surface area contributed by atoms with E-state index in [1.165, 1.54) is 0 Å². The van der Waals surface area contributed by atoms with Crippen molar-refractivity contribution in [3.8, 4) is 0 Å². The van der Waals surface area contributed by atoms with Gasteiger partial charge >= 0.3 is 30.2 Å². The van der Waals surface area contributed by atoms with Crippen LogP contribution in [0.25, 0.3) is 0 Å². The van der Waals surface area contributed by atoms with E-state index in [1.807, 2.05) is 0 Å². The zero-order valence-corrected chi connectivity index (χ0v) is 13.1. The van der Waals surface area contributed by atoms with E-state index in [9.17, 15) is 44.7 Å². The average molecular weight is 400 g/mol. The molecule has 3 atom stereocenters. The van der Waals surface area contributed by atoms with Crippen LogP contribution in [-0.4, -0.2) is 54.6 Å². The number of hydrogen-bond acceptors (Lipinski definition) is 5. The van der Waals surface area contributed by atoms with Gasteiger partial charge in [-0.1, -0.05) is 6.58 Å². The van der Waals surface area contributed by atoms with Gasteiger partial charge in [0.1, 0.15) is 18.3 Å². The normalized spacial score (nSPS) is 28.5. The molecule has 150 valence electrons. The second-order valence-electron chi connectivity index (χ2n) is 5.42. The van der Waals surface area contributed by atoms with Gasteiger partial charge in [0.15, 0.2) is 6.10 Å². The SMILES string of the molecule is C=C(C(=O)OCC1OC(C)(C(F)(F)F)C(F)(F)C1OC(C)=O)C(F)(F)F. The van der Waals surface area contributed by atoms with Crippen LogP contribution in [-0.2, 0) is 23.8 Å². The molecule has 0 amide bonds. The summed E-state index contributed by atoms with van der Waals surface area (Å²) < 4.78 is 117. The first-order valence-electron chi connectivity index (χ1n) is 6.68. The first kappa shape index (κ1) is 22.1. The number of alkyl halides is 8. The van der Waals surface area contributed by atoms with Crippen molar-refractivity contribution in [2.45, 2.75) is 49.9 Å². The summed E-state index contributed by atoms with van der Waals surface area (Å²) in [6.07, 6.45) is -16.1. The molecule has 0 aliphatic carbocycles. The fourth-order valence-electron chi connectivity index (χ4n) is 2.01. The highest BCUT2D eigenvalue weighted by molar-refractivity contribution is 5.89. The molecule has 1 fully saturated rings. The summed E-state index contributed by atoms with van der Waals surface area (Å²) in [5.41, 5.74) is -6.14. The summed E-state index contributed by atoms with van der Waals surface area (Å²) in [7, 11) is 0. The standard InChI is InChI=1S/C13H12F8O5/c1-5(12(16,17)18)9(23)24-4-7-8(25-6(2)22)11(14,15)10(3,26-7)13(19,20)21/h7-8H,1,4H2,2-3H3. The van der Waals surface area contributed by atoms with Gasteiger partial charge in [0, 0.05) is 6.92 Å². The second kappa shape index (κ2) is 6.67. The third kappa shape index (κ3) is 3.91. The molecule has 0 radical (unpaired) electrons. The monoisotopic (exact) mass is 400 g/mol. The predicted molar refractivity (Wildman–Crippen MR) is 66.0 cm³/mol. The number of halogens is 8.